The van der Waals surface area contributed by atoms with E-state index in [4.69, 9.17) is 4.74 Å². The van der Waals surface area contributed by atoms with Crippen LogP contribution >= 0.6 is 0 Å². The van der Waals surface area contributed by atoms with Crippen molar-refractivity contribution in [1.29, 1.82) is 0 Å². The van der Waals surface area contributed by atoms with Crippen molar-refractivity contribution in [3.05, 3.63) is 71.3 Å². The topological polar surface area (TPSA) is 87.1 Å². The number of ketones is 1. The van der Waals surface area contributed by atoms with Gasteiger partial charge < -0.3 is 19.8 Å². The molecule has 0 spiro atoms. The Kier molecular flexibility index (Phi) is 5.80. The number of aliphatic hydroxyl groups excluding tert-OH is 1. The number of hydrogen-bond donors (Lipinski definition) is 2. The lowest BCUT2D eigenvalue weighted by atomic mass is 9.95. The Balaban J connectivity index is 2.08. The molecule has 1 atom stereocenters. The molecule has 1 heterocycles. The van der Waals surface area contributed by atoms with Crippen molar-refractivity contribution in [2.45, 2.75) is 26.0 Å². The van der Waals surface area contributed by atoms with Gasteiger partial charge in [0, 0.05) is 12.1 Å². The number of phenols is 1. The average Bonchev–Trinajstić information content (AvgIpc) is 2.93. The molecule has 3 rings (SSSR count). The first-order valence-electron chi connectivity index (χ1n) is 9.14. The summed E-state index contributed by atoms with van der Waals surface area (Å²) in [6, 6.07) is 14.2. The second kappa shape index (κ2) is 8.27. The van der Waals surface area contributed by atoms with Gasteiger partial charge in [-0.15, -0.1) is 0 Å². The Morgan fingerprint density at radius 3 is 2.46 bits per heavy atom. The van der Waals surface area contributed by atoms with E-state index in [-0.39, 0.29) is 36.3 Å². The molecule has 0 aliphatic carbocycles. The molecule has 0 aromatic heterocycles. The van der Waals surface area contributed by atoms with Crippen LogP contribution < -0.4 is 0 Å². The maximum atomic E-state index is 12.8. The second-order valence-corrected chi connectivity index (χ2v) is 6.87. The van der Waals surface area contributed by atoms with Crippen molar-refractivity contribution < 1.29 is 24.5 Å². The molecular formula is C22H23NO5. The van der Waals surface area contributed by atoms with Crippen molar-refractivity contribution in [1.82, 2.24) is 4.90 Å². The highest BCUT2D eigenvalue weighted by molar-refractivity contribution is 6.46. The van der Waals surface area contributed by atoms with Gasteiger partial charge in [0.1, 0.15) is 11.5 Å². The summed E-state index contributed by atoms with van der Waals surface area (Å²) in [4.78, 5) is 26.9. The summed E-state index contributed by atoms with van der Waals surface area (Å²) in [5, 5.41) is 20.7. The predicted molar refractivity (Wildman–Crippen MR) is 105 cm³/mol. The van der Waals surface area contributed by atoms with E-state index in [1.807, 2.05) is 13.8 Å². The fourth-order valence-corrected chi connectivity index (χ4v) is 3.29. The van der Waals surface area contributed by atoms with Gasteiger partial charge in [-0.3, -0.25) is 9.59 Å². The standard InChI is InChI=1S/C22H23NO5/c1-14(2)28-12-11-23-19(16-9-6-10-17(24)13-16)18(21(26)22(23)27)20(25)15-7-4-3-5-8-15/h3-10,13-14,19,24-25H,11-12H2,1-2H3/b20-18-. The van der Waals surface area contributed by atoms with Crippen LogP contribution in [0.4, 0.5) is 0 Å². The minimum absolute atomic E-state index is 0.00588. The predicted octanol–water partition coefficient (Wildman–Crippen LogP) is 3.24. The largest absolute Gasteiger partial charge is 0.508 e. The number of carbonyl (C=O) groups is 2. The summed E-state index contributed by atoms with van der Waals surface area (Å²) in [7, 11) is 0. The number of aliphatic hydroxyl groups is 1. The van der Waals surface area contributed by atoms with Gasteiger partial charge in [-0.05, 0) is 31.5 Å². The molecule has 0 saturated carbocycles. The number of aromatic hydroxyl groups is 1. The second-order valence-electron chi connectivity index (χ2n) is 6.87. The highest BCUT2D eigenvalue weighted by Gasteiger charge is 2.45. The zero-order chi connectivity index (χ0) is 20.3. The van der Waals surface area contributed by atoms with E-state index in [0.29, 0.717) is 11.1 Å². The van der Waals surface area contributed by atoms with Crippen LogP contribution in [0.1, 0.15) is 31.0 Å². The summed E-state index contributed by atoms with van der Waals surface area (Å²) >= 11 is 0. The number of benzene rings is 2. The van der Waals surface area contributed by atoms with E-state index < -0.39 is 17.7 Å². The Morgan fingerprint density at radius 2 is 1.82 bits per heavy atom. The SMILES string of the molecule is CC(C)OCCN1C(=O)C(=O)/C(=C(\O)c2ccccc2)C1c1cccc(O)c1. The van der Waals surface area contributed by atoms with Crippen LogP contribution in [0.15, 0.2) is 60.2 Å². The van der Waals surface area contributed by atoms with Crippen LogP contribution in [-0.4, -0.2) is 46.1 Å². The van der Waals surface area contributed by atoms with Gasteiger partial charge in [0.2, 0.25) is 0 Å². The Bertz CT molecular complexity index is 904. The lowest BCUT2D eigenvalue weighted by molar-refractivity contribution is -0.140. The zero-order valence-corrected chi connectivity index (χ0v) is 15.8. The minimum atomic E-state index is -0.803. The zero-order valence-electron chi connectivity index (χ0n) is 15.8. The number of rotatable bonds is 6. The molecular weight excluding hydrogens is 358 g/mol. The van der Waals surface area contributed by atoms with Crippen molar-refractivity contribution in [2.24, 2.45) is 0 Å². The Morgan fingerprint density at radius 1 is 1.11 bits per heavy atom. The molecule has 1 unspecified atom stereocenters. The first-order chi connectivity index (χ1) is 13.4. The van der Waals surface area contributed by atoms with E-state index in [1.165, 1.54) is 17.0 Å². The number of nitrogens with zero attached hydrogens (tertiary/aromatic N) is 1. The number of hydrogen-bond acceptors (Lipinski definition) is 5. The first kappa shape index (κ1) is 19.6. The highest BCUT2D eigenvalue weighted by Crippen LogP contribution is 2.39. The number of carbonyl (C=O) groups excluding carboxylic acids is 2. The lowest BCUT2D eigenvalue weighted by Gasteiger charge is -2.25. The van der Waals surface area contributed by atoms with Gasteiger partial charge >= 0.3 is 0 Å². The maximum absolute atomic E-state index is 12.8. The van der Waals surface area contributed by atoms with Crippen LogP contribution in [0.2, 0.25) is 0 Å². The van der Waals surface area contributed by atoms with Crippen molar-refractivity contribution >= 4 is 17.4 Å². The van der Waals surface area contributed by atoms with Gasteiger partial charge in [-0.2, -0.15) is 0 Å². The Labute approximate surface area is 163 Å². The third kappa shape index (κ3) is 3.92. The van der Waals surface area contributed by atoms with Crippen LogP contribution in [0.5, 0.6) is 5.75 Å². The summed E-state index contributed by atoms with van der Waals surface area (Å²) in [6.45, 7) is 4.21. The molecule has 28 heavy (non-hydrogen) atoms. The summed E-state index contributed by atoms with van der Waals surface area (Å²) in [6.07, 6.45) is -0.0136. The van der Waals surface area contributed by atoms with Crippen molar-refractivity contribution in [3.8, 4) is 5.75 Å². The molecule has 0 radical (unpaired) electrons. The van der Waals surface area contributed by atoms with Gasteiger partial charge in [0.05, 0.1) is 24.3 Å². The molecule has 6 heteroatoms. The molecule has 0 bridgehead atoms. The van der Waals surface area contributed by atoms with E-state index in [2.05, 4.69) is 0 Å². The fraction of sp³-hybridized carbons (Fsp3) is 0.273. The van der Waals surface area contributed by atoms with Gasteiger partial charge in [-0.1, -0.05) is 42.5 Å². The van der Waals surface area contributed by atoms with Crippen LogP contribution in [0.3, 0.4) is 0 Å². The minimum Gasteiger partial charge on any atom is -0.508 e. The maximum Gasteiger partial charge on any atom is 0.295 e. The van der Waals surface area contributed by atoms with Crippen molar-refractivity contribution in [2.75, 3.05) is 13.2 Å². The molecule has 1 aliphatic heterocycles. The van der Waals surface area contributed by atoms with E-state index in [0.717, 1.165) is 0 Å². The summed E-state index contributed by atoms with van der Waals surface area (Å²) < 4.78 is 5.54. The smallest absolute Gasteiger partial charge is 0.295 e. The molecule has 2 aromatic rings. The van der Waals surface area contributed by atoms with Gasteiger partial charge in [-0.25, -0.2) is 0 Å². The third-order valence-corrected chi connectivity index (χ3v) is 4.56. The van der Waals surface area contributed by atoms with Crippen LogP contribution in [0, 0.1) is 0 Å². The fourth-order valence-electron chi connectivity index (χ4n) is 3.29. The van der Waals surface area contributed by atoms with Gasteiger partial charge in [0.25, 0.3) is 11.7 Å². The molecule has 1 saturated heterocycles. The first-order valence-corrected chi connectivity index (χ1v) is 9.14. The summed E-state index contributed by atoms with van der Waals surface area (Å²) in [5.74, 6) is -1.67. The Hall–Kier alpha value is -3.12. The number of Topliss-reactive ketones (excluding diaryl/α,β-unsaturated/α-hetero) is 1. The monoisotopic (exact) mass is 381 g/mol. The molecule has 1 fully saturated rings. The number of amides is 1. The molecule has 2 N–H and O–H groups in total. The van der Waals surface area contributed by atoms with Crippen LogP contribution in [0.25, 0.3) is 5.76 Å². The van der Waals surface area contributed by atoms with E-state index in [9.17, 15) is 19.8 Å². The molecule has 1 amide bonds. The number of phenolic OH excluding ortho intramolecular Hbond substituents is 1. The highest BCUT2D eigenvalue weighted by atomic mass is 16.5. The molecule has 6 nitrogen and oxygen atoms in total. The molecule has 146 valence electrons. The normalized spacial score (nSPS) is 18.8. The van der Waals surface area contributed by atoms with Gasteiger partial charge in [0.15, 0.2) is 0 Å². The third-order valence-electron chi connectivity index (χ3n) is 4.56. The van der Waals surface area contributed by atoms with Crippen molar-refractivity contribution in [3.63, 3.8) is 0 Å². The lowest BCUT2D eigenvalue weighted by Crippen LogP contribution is -2.33. The molecule has 2 aromatic carbocycles. The summed E-state index contributed by atoms with van der Waals surface area (Å²) in [5.41, 5.74) is 0.997. The number of likely N-dealkylation sites (tertiary alicyclic amines) is 1. The number of ether oxygens (including phenoxy) is 1. The average molecular weight is 381 g/mol. The van der Waals surface area contributed by atoms with E-state index >= 15 is 0 Å². The van der Waals surface area contributed by atoms with Crippen LogP contribution in [-0.2, 0) is 14.3 Å². The molecule has 1 aliphatic rings. The quantitative estimate of drug-likeness (QED) is 0.456. The van der Waals surface area contributed by atoms with E-state index in [1.54, 1.807) is 42.5 Å².